The number of nitrogens with zero attached hydrogens (tertiary/aromatic N) is 2. The second kappa shape index (κ2) is 13.4. The largest absolute Gasteiger partial charge is 0.466 e. The zero-order valence-electron chi connectivity index (χ0n) is 17.6. The number of nitrogens with one attached hydrogen (secondary N) is 2. The third-order valence-corrected chi connectivity index (χ3v) is 4.83. The number of esters is 1. The Morgan fingerprint density at radius 3 is 2.59 bits per heavy atom. The predicted molar refractivity (Wildman–Crippen MR) is 126 cm³/mol. The van der Waals surface area contributed by atoms with Crippen molar-refractivity contribution in [2.24, 2.45) is 10.9 Å². The van der Waals surface area contributed by atoms with Crippen LogP contribution in [0, 0.1) is 5.92 Å². The average molecular weight is 516 g/mol. The Kier molecular flexibility index (Phi) is 11.6. The molecule has 0 spiro atoms. The Labute approximate surface area is 190 Å². The molecule has 2 N–H and O–H groups in total. The van der Waals surface area contributed by atoms with Gasteiger partial charge in [0.2, 0.25) is 0 Å². The highest BCUT2D eigenvalue weighted by Crippen LogP contribution is 2.19. The van der Waals surface area contributed by atoms with Crippen molar-refractivity contribution < 1.29 is 14.3 Å². The molecule has 1 saturated heterocycles. The van der Waals surface area contributed by atoms with Crippen LogP contribution in [0.15, 0.2) is 29.3 Å². The highest BCUT2D eigenvalue weighted by atomic mass is 127. The lowest BCUT2D eigenvalue weighted by Gasteiger charge is -2.33. The molecule has 0 aromatic heterocycles. The van der Waals surface area contributed by atoms with Crippen LogP contribution in [0.1, 0.15) is 42.6 Å². The van der Waals surface area contributed by atoms with Gasteiger partial charge >= 0.3 is 5.97 Å². The normalized spacial score (nSPS) is 14.7. The Hall–Kier alpha value is -1.84. The molecule has 1 aromatic carbocycles. The van der Waals surface area contributed by atoms with Gasteiger partial charge in [0.1, 0.15) is 0 Å². The van der Waals surface area contributed by atoms with Crippen LogP contribution in [0.4, 0.5) is 0 Å². The van der Waals surface area contributed by atoms with Gasteiger partial charge in [-0.2, -0.15) is 0 Å². The van der Waals surface area contributed by atoms with E-state index in [9.17, 15) is 9.59 Å². The predicted octanol–water partition coefficient (Wildman–Crippen LogP) is 2.45. The van der Waals surface area contributed by atoms with Gasteiger partial charge in [-0.3, -0.25) is 14.6 Å². The van der Waals surface area contributed by atoms with Crippen molar-refractivity contribution in [3.63, 3.8) is 0 Å². The molecule has 1 aromatic rings. The van der Waals surface area contributed by atoms with E-state index in [-0.39, 0.29) is 41.8 Å². The number of likely N-dealkylation sites (tertiary alicyclic amines) is 1. The van der Waals surface area contributed by atoms with Gasteiger partial charge in [-0.15, -0.1) is 24.0 Å². The lowest BCUT2D eigenvalue weighted by atomic mass is 9.97. The molecule has 2 rings (SSSR count). The smallest absolute Gasteiger partial charge is 0.309 e. The summed E-state index contributed by atoms with van der Waals surface area (Å²) in [6.07, 6.45) is 2.34. The summed E-state index contributed by atoms with van der Waals surface area (Å²) in [7, 11) is 1.63. The number of ether oxygens (including phenoxy) is 1. The van der Waals surface area contributed by atoms with Gasteiger partial charge in [0.05, 0.1) is 12.5 Å². The molecule has 1 fully saturated rings. The van der Waals surface area contributed by atoms with Crippen molar-refractivity contribution >= 4 is 41.8 Å². The molecule has 1 aliphatic rings. The zero-order chi connectivity index (χ0) is 20.4. The maximum Gasteiger partial charge on any atom is 0.309 e. The van der Waals surface area contributed by atoms with E-state index in [1.165, 1.54) is 0 Å². The summed E-state index contributed by atoms with van der Waals surface area (Å²) in [6.45, 7) is 7.34. The molecule has 8 heteroatoms. The highest BCUT2D eigenvalue weighted by Gasteiger charge is 2.27. The first-order chi connectivity index (χ1) is 13.6. The zero-order valence-corrected chi connectivity index (χ0v) is 19.9. The van der Waals surface area contributed by atoms with Gasteiger partial charge in [-0.1, -0.05) is 12.1 Å². The van der Waals surface area contributed by atoms with Crippen LogP contribution in [0.3, 0.4) is 0 Å². The van der Waals surface area contributed by atoms with Crippen LogP contribution >= 0.6 is 24.0 Å². The van der Waals surface area contributed by atoms with E-state index in [2.05, 4.69) is 15.5 Å². The maximum absolute atomic E-state index is 11.9. The fourth-order valence-corrected chi connectivity index (χ4v) is 3.32. The summed E-state index contributed by atoms with van der Waals surface area (Å²) in [4.78, 5) is 30.6. The van der Waals surface area contributed by atoms with Crippen LogP contribution in [-0.4, -0.2) is 62.6 Å². The number of hydrogen-bond acceptors (Lipinski definition) is 4. The molecule has 0 aliphatic carbocycles. The molecule has 162 valence electrons. The number of carbonyl (C=O) groups is 2. The van der Waals surface area contributed by atoms with E-state index in [4.69, 9.17) is 9.73 Å². The molecular weight excluding hydrogens is 483 g/mol. The van der Waals surface area contributed by atoms with Crippen molar-refractivity contribution in [3.05, 3.63) is 35.4 Å². The SMILES string of the molecule is CCNC(=NCCc1cccc(C(=O)NC)c1)N1CCC(C(=O)OCC)CC1.I. The summed E-state index contributed by atoms with van der Waals surface area (Å²) < 4.78 is 5.14. The monoisotopic (exact) mass is 516 g/mol. The van der Waals surface area contributed by atoms with Crippen LogP contribution in [0.25, 0.3) is 0 Å². The van der Waals surface area contributed by atoms with Crippen molar-refractivity contribution in [2.75, 3.05) is 39.8 Å². The number of amides is 1. The Balaban J connectivity index is 0.00000420. The number of halogens is 1. The van der Waals surface area contributed by atoms with Crippen molar-refractivity contribution in [2.45, 2.75) is 33.1 Å². The standard InChI is InChI=1S/C21H32N4O3.HI/c1-4-23-21(25-13-10-17(11-14-25)20(27)28-5-2)24-12-9-16-7-6-8-18(15-16)19(26)22-3;/h6-8,15,17H,4-5,9-14H2,1-3H3,(H,22,26)(H,23,24);1H. The fraction of sp³-hybridized carbons (Fsp3) is 0.571. The lowest BCUT2D eigenvalue weighted by Crippen LogP contribution is -2.46. The summed E-state index contributed by atoms with van der Waals surface area (Å²) in [5.74, 6) is 0.710. The molecule has 1 amide bonds. The van der Waals surface area contributed by atoms with E-state index in [1.54, 1.807) is 7.05 Å². The van der Waals surface area contributed by atoms with Crippen molar-refractivity contribution in [1.29, 1.82) is 0 Å². The van der Waals surface area contributed by atoms with Gasteiger partial charge in [0.25, 0.3) is 5.91 Å². The van der Waals surface area contributed by atoms with Gasteiger partial charge in [0.15, 0.2) is 5.96 Å². The first-order valence-corrected chi connectivity index (χ1v) is 10.1. The van der Waals surface area contributed by atoms with Gasteiger partial charge in [0, 0.05) is 38.8 Å². The van der Waals surface area contributed by atoms with Crippen LogP contribution < -0.4 is 10.6 Å². The number of carbonyl (C=O) groups excluding carboxylic acids is 2. The molecule has 0 saturated carbocycles. The molecule has 1 heterocycles. The second-order valence-corrected chi connectivity index (χ2v) is 6.78. The van der Waals surface area contributed by atoms with E-state index in [0.29, 0.717) is 18.7 Å². The molecule has 0 unspecified atom stereocenters. The third-order valence-electron chi connectivity index (χ3n) is 4.83. The number of hydrogen-bond donors (Lipinski definition) is 2. The van der Waals surface area contributed by atoms with E-state index >= 15 is 0 Å². The van der Waals surface area contributed by atoms with Gasteiger partial charge in [-0.25, -0.2) is 0 Å². The Morgan fingerprint density at radius 2 is 1.97 bits per heavy atom. The van der Waals surface area contributed by atoms with Crippen LogP contribution in [0.2, 0.25) is 0 Å². The third kappa shape index (κ3) is 7.83. The molecule has 29 heavy (non-hydrogen) atoms. The Bertz CT molecular complexity index is 688. The summed E-state index contributed by atoms with van der Waals surface area (Å²) in [6, 6.07) is 7.63. The molecule has 0 bridgehead atoms. The summed E-state index contributed by atoms with van der Waals surface area (Å²) in [5, 5.41) is 5.99. The van der Waals surface area contributed by atoms with E-state index < -0.39 is 0 Å². The average Bonchev–Trinajstić information content (AvgIpc) is 2.73. The minimum atomic E-state index is -0.0833. The lowest BCUT2D eigenvalue weighted by molar-refractivity contribution is -0.149. The van der Waals surface area contributed by atoms with Crippen molar-refractivity contribution in [3.8, 4) is 0 Å². The van der Waals surface area contributed by atoms with E-state index in [1.807, 2.05) is 38.1 Å². The van der Waals surface area contributed by atoms with Crippen LogP contribution in [-0.2, 0) is 16.0 Å². The van der Waals surface area contributed by atoms with Crippen molar-refractivity contribution in [1.82, 2.24) is 15.5 Å². The molecule has 1 aliphatic heterocycles. The highest BCUT2D eigenvalue weighted by molar-refractivity contribution is 14.0. The second-order valence-electron chi connectivity index (χ2n) is 6.78. The van der Waals surface area contributed by atoms with Gasteiger partial charge < -0.3 is 20.3 Å². The number of piperidine rings is 1. The molecule has 0 atom stereocenters. The van der Waals surface area contributed by atoms with E-state index in [0.717, 1.165) is 50.4 Å². The molecule has 7 nitrogen and oxygen atoms in total. The number of benzene rings is 1. The minimum absolute atomic E-state index is 0. The maximum atomic E-state index is 11.9. The van der Waals surface area contributed by atoms with Crippen LogP contribution in [0.5, 0.6) is 0 Å². The fourth-order valence-electron chi connectivity index (χ4n) is 3.32. The first kappa shape index (κ1) is 25.2. The summed E-state index contributed by atoms with van der Waals surface area (Å²) >= 11 is 0. The molecule has 0 radical (unpaired) electrons. The minimum Gasteiger partial charge on any atom is -0.466 e. The summed E-state index contributed by atoms with van der Waals surface area (Å²) in [5.41, 5.74) is 1.75. The first-order valence-electron chi connectivity index (χ1n) is 10.1. The Morgan fingerprint density at radius 1 is 1.24 bits per heavy atom. The number of rotatable bonds is 7. The number of guanidine groups is 1. The number of aliphatic imine (C=N–C) groups is 1. The molecular formula is C21H33IN4O3. The van der Waals surface area contributed by atoms with Gasteiger partial charge in [-0.05, 0) is 50.8 Å². The topological polar surface area (TPSA) is 83.0 Å². The quantitative estimate of drug-likeness (QED) is 0.252.